The molecule has 20 heavy (non-hydrogen) atoms. The van der Waals surface area contributed by atoms with Crippen molar-refractivity contribution in [1.82, 2.24) is 0 Å². The monoisotopic (exact) mass is 313 g/mol. The molecule has 2 rings (SSSR count). The Balaban J connectivity index is 2.14. The minimum atomic E-state index is 0.321. The van der Waals surface area contributed by atoms with Gasteiger partial charge < -0.3 is 5.73 Å². The zero-order valence-corrected chi connectivity index (χ0v) is 13.6. The van der Waals surface area contributed by atoms with Crippen molar-refractivity contribution in [2.45, 2.75) is 63.2 Å². The molecule has 0 amide bonds. The lowest BCUT2D eigenvalue weighted by atomic mass is 9.66. The minimum absolute atomic E-state index is 0.321. The van der Waals surface area contributed by atoms with Crippen molar-refractivity contribution in [2.24, 2.45) is 5.73 Å². The molecule has 0 heterocycles. The van der Waals surface area contributed by atoms with Gasteiger partial charge in [-0.2, -0.15) is 0 Å². The van der Waals surface area contributed by atoms with Gasteiger partial charge in [0.25, 0.3) is 0 Å². The summed E-state index contributed by atoms with van der Waals surface area (Å²) in [7, 11) is 0. The van der Waals surface area contributed by atoms with Crippen LogP contribution in [0.5, 0.6) is 0 Å². The van der Waals surface area contributed by atoms with Gasteiger partial charge in [0.1, 0.15) is 0 Å². The Bertz CT molecular complexity index is 425. The van der Waals surface area contributed by atoms with Crippen LogP contribution in [-0.2, 0) is 5.41 Å². The highest BCUT2D eigenvalue weighted by molar-refractivity contribution is 6.42. The van der Waals surface area contributed by atoms with Crippen LogP contribution in [0.2, 0.25) is 10.0 Å². The fourth-order valence-electron chi connectivity index (χ4n) is 3.52. The standard InChI is InChI=1S/C17H25Cl2N/c18-15-8-7-14(13-16(15)19)17(9-3-1-4-10-17)11-5-2-6-12-20/h7-8,13H,1-6,9-12,20H2. The first-order valence-corrected chi connectivity index (χ1v) is 8.59. The topological polar surface area (TPSA) is 26.0 Å². The highest BCUT2D eigenvalue weighted by Gasteiger charge is 2.33. The molecule has 1 fully saturated rings. The van der Waals surface area contributed by atoms with Crippen molar-refractivity contribution in [3.8, 4) is 0 Å². The van der Waals surface area contributed by atoms with E-state index in [2.05, 4.69) is 12.1 Å². The number of hydrogen-bond donors (Lipinski definition) is 1. The maximum atomic E-state index is 6.23. The van der Waals surface area contributed by atoms with Crippen molar-refractivity contribution < 1.29 is 0 Å². The lowest BCUT2D eigenvalue weighted by Gasteiger charge is -2.38. The molecule has 0 unspecified atom stereocenters. The van der Waals surface area contributed by atoms with Gasteiger partial charge in [0.05, 0.1) is 10.0 Å². The predicted molar refractivity (Wildman–Crippen MR) is 88.7 cm³/mol. The first-order chi connectivity index (χ1) is 9.68. The molecule has 3 heteroatoms. The Morgan fingerprint density at radius 1 is 0.950 bits per heavy atom. The van der Waals surface area contributed by atoms with E-state index in [0.29, 0.717) is 15.5 Å². The number of halogens is 2. The molecule has 0 atom stereocenters. The molecule has 2 N–H and O–H groups in total. The fourth-order valence-corrected chi connectivity index (χ4v) is 3.82. The van der Waals surface area contributed by atoms with Gasteiger partial charge in [-0.25, -0.2) is 0 Å². The Labute approximate surface area is 132 Å². The molecular weight excluding hydrogens is 289 g/mol. The van der Waals surface area contributed by atoms with Crippen LogP contribution in [0.3, 0.4) is 0 Å². The van der Waals surface area contributed by atoms with Crippen LogP contribution < -0.4 is 5.73 Å². The van der Waals surface area contributed by atoms with Crippen LogP contribution in [0.1, 0.15) is 63.4 Å². The maximum absolute atomic E-state index is 6.23. The average Bonchev–Trinajstić information content (AvgIpc) is 2.47. The first-order valence-electron chi connectivity index (χ1n) is 7.83. The molecule has 1 aromatic carbocycles. The smallest absolute Gasteiger partial charge is 0.0595 e. The molecule has 1 aliphatic carbocycles. The van der Waals surface area contributed by atoms with Crippen LogP contribution in [0.4, 0.5) is 0 Å². The Morgan fingerprint density at radius 2 is 1.70 bits per heavy atom. The van der Waals surface area contributed by atoms with Gasteiger partial charge in [0.15, 0.2) is 0 Å². The summed E-state index contributed by atoms with van der Waals surface area (Å²) in [6, 6.07) is 6.23. The van der Waals surface area contributed by atoms with Crippen LogP contribution in [0.15, 0.2) is 18.2 Å². The molecule has 1 saturated carbocycles. The van der Waals surface area contributed by atoms with Gasteiger partial charge in [-0.15, -0.1) is 0 Å². The Hall–Kier alpha value is -0.240. The van der Waals surface area contributed by atoms with Gasteiger partial charge in [-0.3, -0.25) is 0 Å². The Kier molecular flexibility index (Phi) is 6.20. The minimum Gasteiger partial charge on any atom is -0.330 e. The van der Waals surface area contributed by atoms with E-state index in [0.717, 1.165) is 13.0 Å². The summed E-state index contributed by atoms with van der Waals surface area (Å²) >= 11 is 12.3. The largest absolute Gasteiger partial charge is 0.330 e. The number of unbranched alkanes of at least 4 members (excludes halogenated alkanes) is 2. The third-order valence-corrected chi connectivity index (χ3v) is 5.44. The van der Waals surface area contributed by atoms with E-state index in [1.807, 2.05) is 6.07 Å². The molecule has 0 aromatic heterocycles. The van der Waals surface area contributed by atoms with Crippen LogP contribution in [0, 0.1) is 0 Å². The normalized spacial score (nSPS) is 18.1. The third kappa shape index (κ3) is 3.90. The second-order valence-electron chi connectivity index (χ2n) is 6.07. The van der Waals surface area contributed by atoms with E-state index in [4.69, 9.17) is 28.9 Å². The molecule has 0 saturated heterocycles. The summed E-state index contributed by atoms with van der Waals surface area (Å²) < 4.78 is 0. The van der Waals surface area contributed by atoms with Gasteiger partial charge in [0, 0.05) is 0 Å². The van der Waals surface area contributed by atoms with E-state index in [1.165, 1.54) is 56.9 Å². The SMILES string of the molecule is NCCCCCC1(c2ccc(Cl)c(Cl)c2)CCCCC1. The van der Waals surface area contributed by atoms with Gasteiger partial charge in [-0.05, 0) is 55.3 Å². The molecule has 1 nitrogen and oxygen atoms in total. The van der Waals surface area contributed by atoms with E-state index in [1.54, 1.807) is 0 Å². The second kappa shape index (κ2) is 7.68. The van der Waals surface area contributed by atoms with E-state index in [-0.39, 0.29) is 0 Å². The molecule has 0 spiro atoms. The van der Waals surface area contributed by atoms with Crippen molar-refractivity contribution in [1.29, 1.82) is 0 Å². The van der Waals surface area contributed by atoms with Crippen molar-refractivity contribution in [2.75, 3.05) is 6.54 Å². The number of benzene rings is 1. The summed E-state index contributed by atoms with van der Waals surface area (Å²) in [4.78, 5) is 0. The first kappa shape index (κ1) is 16.1. The zero-order chi connectivity index (χ0) is 14.4. The van der Waals surface area contributed by atoms with Gasteiger partial charge in [-0.1, -0.05) is 61.4 Å². The van der Waals surface area contributed by atoms with Crippen molar-refractivity contribution in [3.05, 3.63) is 33.8 Å². The molecule has 0 radical (unpaired) electrons. The van der Waals surface area contributed by atoms with E-state index in [9.17, 15) is 0 Å². The highest BCUT2D eigenvalue weighted by Crippen LogP contribution is 2.44. The fraction of sp³-hybridized carbons (Fsp3) is 0.647. The Morgan fingerprint density at radius 3 is 2.35 bits per heavy atom. The van der Waals surface area contributed by atoms with E-state index < -0.39 is 0 Å². The third-order valence-electron chi connectivity index (χ3n) is 4.70. The quantitative estimate of drug-likeness (QED) is 0.668. The van der Waals surface area contributed by atoms with Crippen molar-refractivity contribution >= 4 is 23.2 Å². The number of rotatable bonds is 6. The molecule has 0 aliphatic heterocycles. The predicted octanol–water partition coefficient (Wildman–Crippen LogP) is 5.71. The summed E-state index contributed by atoms with van der Waals surface area (Å²) in [5, 5.41) is 1.35. The van der Waals surface area contributed by atoms with Gasteiger partial charge >= 0.3 is 0 Å². The molecule has 1 aliphatic rings. The average molecular weight is 314 g/mol. The summed E-state index contributed by atoms with van der Waals surface area (Å²) in [6.45, 7) is 0.805. The highest BCUT2D eigenvalue weighted by atomic mass is 35.5. The molecule has 112 valence electrons. The lowest BCUT2D eigenvalue weighted by Crippen LogP contribution is -2.29. The summed E-state index contributed by atoms with van der Waals surface area (Å²) in [6.07, 6.45) is 11.5. The van der Waals surface area contributed by atoms with Crippen LogP contribution in [0.25, 0.3) is 0 Å². The maximum Gasteiger partial charge on any atom is 0.0595 e. The van der Waals surface area contributed by atoms with E-state index >= 15 is 0 Å². The summed E-state index contributed by atoms with van der Waals surface area (Å²) in [5.74, 6) is 0. The zero-order valence-electron chi connectivity index (χ0n) is 12.1. The molecule has 1 aromatic rings. The summed E-state index contributed by atoms with van der Waals surface area (Å²) in [5.41, 5.74) is 7.31. The second-order valence-corrected chi connectivity index (χ2v) is 6.88. The lowest BCUT2D eigenvalue weighted by molar-refractivity contribution is 0.266. The molecular formula is C17H25Cl2N. The van der Waals surface area contributed by atoms with Crippen LogP contribution >= 0.6 is 23.2 Å². The molecule has 0 bridgehead atoms. The van der Waals surface area contributed by atoms with Gasteiger partial charge in [0.2, 0.25) is 0 Å². The van der Waals surface area contributed by atoms with Crippen molar-refractivity contribution in [3.63, 3.8) is 0 Å². The number of hydrogen-bond acceptors (Lipinski definition) is 1. The van der Waals surface area contributed by atoms with Crippen LogP contribution in [-0.4, -0.2) is 6.54 Å². The number of nitrogens with two attached hydrogens (primary N) is 1.